The second-order valence-corrected chi connectivity index (χ2v) is 3.48. The van der Waals surface area contributed by atoms with Crippen LogP contribution in [0, 0.1) is 12.8 Å². The van der Waals surface area contributed by atoms with Crippen LogP contribution in [-0.4, -0.2) is 12.5 Å². The Hall–Kier alpha value is -1.31. The minimum atomic E-state index is 0.0111. The number of nitrogens with zero attached hydrogens (tertiary/aromatic N) is 1. The van der Waals surface area contributed by atoms with Crippen LogP contribution in [0.1, 0.15) is 13.8 Å². The van der Waals surface area contributed by atoms with E-state index in [-0.39, 0.29) is 11.8 Å². The lowest BCUT2D eigenvalue weighted by Crippen LogP contribution is -2.34. The zero-order valence-corrected chi connectivity index (χ0v) is 8.73. The Kier molecular flexibility index (Phi) is 3.69. The Morgan fingerprint density at radius 2 is 1.93 bits per heavy atom. The third kappa shape index (κ3) is 2.34. The van der Waals surface area contributed by atoms with E-state index in [0.717, 1.165) is 5.69 Å². The first-order chi connectivity index (χ1) is 6.66. The van der Waals surface area contributed by atoms with Crippen molar-refractivity contribution < 1.29 is 4.79 Å². The highest BCUT2D eigenvalue weighted by molar-refractivity contribution is 5.94. The molecule has 0 saturated heterocycles. The summed E-state index contributed by atoms with van der Waals surface area (Å²) in [4.78, 5) is 13.5. The lowest BCUT2D eigenvalue weighted by Gasteiger charge is -2.22. The topological polar surface area (TPSA) is 20.3 Å². The van der Waals surface area contributed by atoms with E-state index in [1.165, 1.54) is 0 Å². The minimum absolute atomic E-state index is 0.0111. The van der Waals surface area contributed by atoms with Gasteiger partial charge in [0, 0.05) is 18.2 Å². The summed E-state index contributed by atoms with van der Waals surface area (Å²) < 4.78 is 0. The van der Waals surface area contributed by atoms with Gasteiger partial charge in [0.2, 0.25) is 5.91 Å². The van der Waals surface area contributed by atoms with E-state index in [0.29, 0.717) is 6.54 Å². The molecule has 2 heteroatoms. The summed E-state index contributed by atoms with van der Waals surface area (Å²) >= 11 is 0. The zero-order valence-electron chi connectivity index (χ0n) is 8.73. The number of hydrogen-bond donors (Lipinski definition) is 0. The molecule has 0 N–H and O–H groups in total. The van der Waals surface area contributed by atoms with Crippen LogP contribution in [0.5, 0.6) is 0 Å². The third-order valence-corrected chi connectivity index (χ3v) is 2.05. The van der Waals surface area contributed by atoms with Gasteiger partial charge in [-0.1, -0.05) is 32.0 Å². The predicted octanol–water partition coefficient (Wildman–Crippen LogP) is 2.51. The smallest absolute Gasteiger partial charge is 0.229 e. The normalized spacial score (nSPS) is 10.3. The maximum absolute atomic E-state index is 11.8. The van der Waals surface area contributed by atoms with Crippen LogP contribution < -0.4 is 4.90 Å². The van der Waals surface area contributed by atoms with E-state index in [2.05, 4.69) is 6.92 Å². The monoisotopic (exact) mass is 190 g/mol. The van der Waals surface area contributed by atoms with E-state index >= 15 is 0 Å². The molecule has 1 radical (unpaired) electrons. The van der Waals surface area contributed by atoms with Gasteiger partial charge in [0.05, 0.1) is 0 Å². The molecular formula is C12H16NO. The van der Waals surface area contributed by atoms with Gasteiger partial charge in [0.15, 0.2) is 0 Å². The molecule has 0 aliphatic rings. The summed E-state index contributed by atoms with van der Waals surface area (Å²) in [5, 5.41) is 0. The summed E-state index contributed by atoms with van der Waals surface area (Å²) in [5.74, 6) is 0.128. The first-order valence-electron chi connectivity index (χ1n) is 4.82. The Morgan fingerprint density at radius 3 is 2.36 bits per heavy atom. The van der Waals surface area contributed by atoms with Gasteiger partial charge in [-0.25, -0.2) is 0 Å². The maximum atomic E-state index is 11.8. The zero-order chi connectivity index (χ0) is 10.6. The number of rotatable bonds is 3. The van der Waals surface area contributed by atoms with Gasteiger partial charge in [-0.05, 0) is 19.1 Å². The fraction of sp³-hybridized carbons (Fsp3) is 0.333. The lowest BCUT2D eigenvalue weighted by molar-refractivity contribution is -0.121. The van der Waals surface area contributed by atoms with Crippen molar-refractivity contribution in [3.63, 3.8) is 0 Å². The Bertz CT molecular complexity index is 292. The molecule has 0 aromatic heterocycles. The van der Waals surface area contributed by atoms with Crippen LogP contribution in [0.15, 0.2) is 30.3 Å². The van der Waals surface area contributed by atoms with Gasteiger partial charge in [0.1, 0.15) is 0 Å². The Balaban J connectivity index is 2.88. The fourth-order valence-corrected chi connectivity index (χ4v) is 1.29. The minimum Gasteiger partial charge on any atom is -0.312 e. The molecule has 0 bridgehead atoms. The van der Waals surface area contributed by atoms with E-state index in [4.69, 9.17) is 0 Å². The van der Waals surface area contributed by atoms with Crippen LogP contribution in [-0.2, 0) is 4.79 Å². The van der Waals surface area contributed by atoms with Gasteiger partial charge in [-0.2, -0.15) is 0 Å². The first-order valence-corrected chi connectivity index (χ1v) is 4.82. The largest absolute Gasteiger partial charge is 0.312 e. The number of carbonyl (C=O) groups excluding carboxylic acids is 1. The average Bonchev–Trinajstić information content (AvgIpc) is 2.20. The van der Waals surface area contributed by atoms with Crippen molar-refractivity contribution in [1.82, 2.24) is 0 Å². The lowest BCUT2D eigenvalue weighted by atomic mass is 10.1. The molecule has 0 spiro atoms. The van der Waals surface area contributed by atoms with E-state index < -0.39 is 0 Å². The molecule has 1 aromatic carbocycles. The second kappa shape index (κ2) is 4.80. The predicted molar refractivity (Wildman–Crippen MR) is 59.0 cm³/mol. The van der Waals surface area contributed by atoms with Crippen LogP contribution in [0.25, 0.3) is 0 Å². The number of anilines is 1. The maximum Gasteiger partial charge on any atom is 0.229 e. The molecule has 0 unspecified atom stereocenters. The highest BCUT2D eigenvalue weighted by Gasteiger charge is 2.16. The van der Waals surface area contributed by atoms with E-state index in [1.807, 2.05) is 44.2 Å². The number of carbonyl (C=O) groups is 1. The van der Waals surface area contributed by atoms with E-state index in [1.54, 1.807) is 4.90 Å². The molecule has 0 heterocycles. The number of hydrogen-bond acceptors (Lipinski definition) is 1. The molecule has 14 heavy (non-hydrogen) atoms. The van der Waals surface area contributed by atoms with Crippen molar-refractivity contribution in [2.75, 3.05) is 11.4 Å². The van der Waals surface area contributed by atoms with Crippen molar-refractivity contribution in [1.29, 1.82) is 0 Å². The van der Waals surface area contributed by atoms with Crippen molar-refractivity contribution in [2.45, 2.75) is 13.8 Å². The summed E-state index contributed by atoms with van der Waals surface area (Å²) in [7, 11) is 0. The number of amides is 1. The summed E-state index contributed by atoms with van der Waals surface area (Å²) in [6, 6.07) is 9.62. The molecule has 0 fully saturated rings. The third-order valence-electron chi connectivity index (χ3n) is 2.05. The van der Waals surface area contributed by atoms with Crippen LogP contribution in [0.4, 0.5) is 5.69 Å². The molecule has 0 aliphatic carbocycles. The number of benzene rings is 1. The molecule has 1 rings (SSSR count). The van der Waals surface area contributed by atoms with Gasteiger partial charge < -0.3 is 4.90 Å². The van der Waals surface area contributed by atoms with Crippen LogP contribution in [0.3, 0.4) is 0 Å². The molecular weight excluding hydrogens is 174 g/mol. The molecule has 1 aromatic rings. The summed E-state index contributed by atoms with van der Waals surface area (Å²) in [6.07, 6.45) is 0. The Morgan fingerprint density at radius 1 is 1.36 bits per heavy atom. The molecule has 0 atom stereocenters. The molecule has 75 valence electrons. The van der Waals surface area contributed by atoms with Crippen LogP contribution in [0.2, 0.25) is 0 Å². The summed E-state index contributed by atoms with van der Waals surface area (Å²) in [5.41, 5.74) is 0.918. The van der Waals surface area contributed by atoms with Gasteiger partial charge >= 0.3 is 0 Å². The quantitative estimate of drug-likeness (QED) is 0.717. The highest BCUT2D eigenvalue weighted by Crippen LogP contribution is 2.15. The van der Waals surface area contributed by atoms with E-state index in [9.17, 15) is 4.79 Å². The van der Waals surface area contributed by atoms with Gasteiger partial charge in [0.25, 0.3) is 0 Å². The fourth-order valence-electron chi connectivity index (χ4n) is 1.29. The van der Waals surface area contributed by atoms with Crippen molar-refractivity contribution in [3.8, 4) is 0 Å². The van der Waals surface area contributed by atoms with Crippen molar-refractivity contribution in [3.05, 3.63) is 37.3 Å². The first kappa shape index (κ1) is 10.8. The molecule has 2 nitrogen and oxygen atoms in total. The summed E-state index contributed by atoms with van der Waals surface area (Å²) in [6.45, 7) is 8.04. The molecule has 0 aliphatic heterocycles. The van der Waals surface area contributed by atoms with Crippen LogP contribution >= 0.6 is 0 Å². The highest BCUT2D eigenvalue weighted by atomic mass is 16.2. The SMILES string of the molecule is [CH2]CN(C(=O)C(C)C)c1ccccc1. The molecule has 0 saturated carbocycles. The van der Waals surface area contributed by atoms with Crippen molar-refractivity contribution >= 4 is 11.6 Å². The average molecular weight is 190 g/mol. The van der Waals surface area contributed by atoms with Crippen molar-refractivity contribution in [2.24, 2.45) is 5.92 Å². The Labute approximate surface area is 85.5 Å². The van der Waals surface area contributed by atoms with Gasteiger partial charge in [-0.15, -0.1) is 0 Å². The number of para-hydroxylation sites is 1. The molecule has 1 amide bonds. The van der Waals surface area contributed by atoms with Gasteiger partial charge in [-0.3, -0.25) is 4.79 Å². The standard InChI is InChI=1S/C12H16NO/c1-4-13(12(14)10(2)3)11-8-6-5-7-9-11/h5-10H,1,4H2,2-3H3. The second-order valence-electron chi connectivity index (χ2n) is 3.48.